The van der Waals surface area contributed by atoms with E-state index in [0.717, 1.165) is 0 Å². The van der Waals surface area contributed by atoms with Crippen LogP contribution in [0.4, 0.5) is 0 Å². The number of carbonyl (C=O) groups is 2. The fraction of sp³-hybridized carbons (Fsp3) is 0.429. The summed E-state index contributed by atoms with van der Waals surface area (Å²) in [6.07, 6.45) is 0.525. The van der Waals surface area contributed by atoms with Gasteiger partial charge in [-0.3, -0.25) is 9.59 Å². The van der Waals surface area contributed by atoms with Gasteiger partial charge in [0, 0.05) is 11.5 Å². The molecule has 1 aliphatic heterocycles. The van der Waals surface area contributed by atoms with Gasteiger partial charge in [0.05, 0.1) is 18.1 Å². The largest absolute Gasteiger partial charge is 0.486 e. The number of rotatable bonds is 3. The van der Waals surface area contributed by atoms with Crippen molar-refractivity contribution < 1.29 is 23.8 Å². The molecule has 0 spiro atoms. The van der Waals surface area contributed by atoms with Gasteiger partial charge in [-0.2, -0.15) is 0 Å². The molecular weight excluding hydrogens is 284 g/mol. The third kappa shape index (κ3) is 2.22. The summed E-state index contributed by atoms with van der Waals surface area (Å²) in [4.78, 5) is 23.7. The van der Waals surface area contributed by atoms with Gasteiger partial charge in [-0.1, -0.05) is 11.6 Å². The van der Waals surface area contributed by atoms with Crippen LogP contribution in [0.25, 0.3) is 0 Å². The number of methoxy groups -OCH3 is 1. The average Bonchev–Trinajstić information content (AvgIpc) is 3.26. The van der Waals surface area contributed by atoms with Crippen molar-refractivity contribution in [3.05, 3.63) is 22.7 Å². The molecule has 1 heterocycles. The lowest BCUT2D eigenvalue weighted by atomic mass is 10.0. The van der Waals surface area contributed by atoms with Crippen molar-refractivity contribution in [1.82, 2.24) is 0 Å². The number of carbonyl (C=O) groups excluding carboxylic acids is 2. The topological polar surface area (TPSA) is 61.8 Å². The van der Waals surface area contributed by atoms with Gasteiger partial charge < -0.3 is 14.2 Å². The predicted octanol–water partition coefficient (Wildman–Crippen LogP) is 2.10. The lowest BCUT2D eigenvalue weighted by Crippen LogP contribution is -2.17. The number of ether oxygens (including phenoxy) is 3. The molecule has 0 unspecified atom stereocenters. The minimum Gasteiger partial charge on any atom is -0.486 e. The number of esters is 1. The van der Waals surface area contributed by atoms with E-state index in [4.69, 9.17) is 21.1 Å². The summed E-state index contributed by atoms with van der Waals surface area (Å²) in [5.74, 6) is -0.163. The first-order chi connectivity index (χ1) is 9.61. The monoisotopic (exact) mass is 296 g/mol. The molecule has 1 saturated carbocycles. The molecule has 3 rings (SSSR count). The molecule has 6 heteroatoms. The van der Waals surface area contributed by atoms with Crippen molar-refractivity contribution in [2.24, 2.45) is 11.8 Å². The third-order valence-electron chi connectivity index (χ3n) is 3.51. The number of Topliss-reactive ketones (excluding diaryl/α,β-unsaturated/α-hetero) is 1. The minimum atomic E-state index is -0.341. The quantitative estimate of drug-likeness (QED) is 0.631. The first-order valence-electron chi connectivity index (χ1n) is 6.33. The predicted molar refractivity (Wildman–Crippen MR) is 70.4 cm³/mol. The maximum Gasteiger partial charge on any atom is 0.309 e. The van der Waals surface area contributed by atoms with Crippen LogP contribution in [-0.4, -0.2) is 32.1 Å². The molecule has 2 aliphatic rings. The molecule has 106 valence electrons. The van der Waals surface area contributed by atoms with Gasteiger partial charge in [-0.05, 0) is 18.6 Å². The molecule has 0 saturated heterocycles. The van der Waals surface area contributed by atoms with Crippen LogP contribution in [0.5, 0.6) is 11.5 Å². The molecule has 1 aromatic carbocycles. The summed E-state index contributed by atoms with van der Waals surface area (Å²) in [5.41, 5.74) is 0.440. The Morgan fingerprint density at radius 1 is 1.25 bits per heavy atom. The van der Waals surface area contributed by atoms with E-state index in [0.29, 0.717) is 41.7 Å². The van der Waals surface area contributed by atoms with E-state index in [9.17, 15) is 9.59 Å². The molecule has 1 aromatic rings. The Hall–Kier alpha value is -1.75. The maximum atomic E-state index is 12.3. The first kappa shape index (κ1) is 13.2. The Bertz CT molecular complexity index is 583. The molecular formula is C14H13ClO5. The zero-order valence-electron chi connectivity index (χ0n) is 10.8. The summed E-state index contributed by atoms with van der Waals surface area (Å²) in [7, 11) is 1.32. The Kier molecular flexibility index (Phi) is 3.30. The summed E-state index contributed by atoms with van der Waals surface area (Å²) in [6, 6.07) is 3.18. The van der Waals surface area contributed by atoms with Crippen molar-refractivity contribution in [2.45, 2.75) is 6.42 Å². The molecule has 2 atom stereocenters. The molecule has 0 aromatic heterocycles. The van der Waals surface area contributed by atoms with Crippen LogP contribution in [0.15, 0.2) is 12.1 Å². The fourth-order valence-electron chi connectivity index (χ4n) is 2.36. The summed E-state index contributed by atoms with van der Waals surface area (Å²) >= 11 is 6.09. The van der Waals surface area contributed by atoms with E-state index >= 15 is 0 Å². The van der Waals surface area contributed by atoms with Gasteiger partial charge >= 0.3 is 5.97 Å². The lowest BCUT2D eigenvalue weighted by molar-refractivity contribution is -0.142. The van der Waals surface area contributed by atoms with Gasteiger partial charge in [-0.25, -0.2) is 0 Å². The summed E-state index contributed by atoms with van der Waals surface area (Å²) in [6.45, 7) is 0.863. The Morgan fingerprint density at radius 2 is 2.00 bits per heavy atom. The van der Waals surface area contributed by atoms with Gasteiger partial charge in [0.25, 0.3) is 0 Å². The van der Waals surface area contributed by atoms with Crippen LogP contribution < -0.4 is 9.47 Å². The number of benzene rings is 1. The highest BCUT2D eigenvalue weighted by Gasteiger charge is 2.49. The standard InChI is InChI=1S/C14H13ClO5/c1-18-14(17)9-6-8(9)12(16)7-4-10(15)13-11(5-7)19-2-3-20-13/h4-5,8-9H,2-3,6H2,1H3/t8-,9-/m0/s1. The van der Waals surface area contributed by atoms with Gasteiger partial charge in [0.1, 0.15) is 13.2 Å². The number of ketones is 1. The zero-order chi connectivity index (χ0) is 14.3. The second kappa shape index (κ2) is 4.98. The number of hydrogen-bond acceptors (Lipinski definition) is 5. The SMILES string of the molecule is COC(=O)[C@H]1C[C@@H]1C(=O)c1cc(Cl)c2c(c1)OCCO2. The van der Waals surface area contributed by atoms with Gasteiger partial charge in [0.2, 0.25) is 0 Å². The summed E-state index contributed by atoms with van der Waals surface area (Å²) < 4.78 is 15.5. The van der Waals surface area contributed by atoms with Crippen LogP contribution in [0.1, 0.15) is 16.8 Å². The Balaban J connectivity index is 1.83. The number of hydrogen-bond donors (Lipinski definition) is 0. The highest BCUT2D eigenvalue weighted by molar-refractivity contribution is 6.32. The second-order valence-corrected chi connectivity index (χ2v) is 5.23. The molecule has 1 aliphatic carbocycles. The second-order valence-electron chi connectivity index (χ2n) is 4.82. The normalized spacial score (nSPS) is 23.1. The highest BCUT2D eigenvalue weighted by Crippen LogP contribution is 2.44. The number of fused-ring (bicyclic) bond motifs is 1. The van der Waals surface area contributed by atoms with E-state index < -0.39 is 0 Å². The van der Waals surface area contributed by atoms with E-state index in [-0.39, 0.29) is 23.6 Å². The molecule has 1 fully saturated rings. The van der Waals surface area contributed by atoms with Crippen LogP contribution in [0, 0.1) is 11.8 Å². The van der Waals surface area contributed by atoms with Gasteiger partial charge in [-0.15, -0.1) is 0 Å². The van der Waals surface area contributed by atoms with Crippen molar-refractivity contribution in [3.8, 4) is 11.5 Å². The van der Waals surface area contributed by atoms with Crippen molar-refractivity contribution >= 4 is 23.4 Å². The van der Waals surface area contributed by atoms with E-state index in [2.05, 4.69) is 4.74 Å². The smallest absolute Gasteiger partial charge is 0.309 e. The van der Waals surface area contributed by atoms with Crippen molar-refractivity contribution in [3.63, 3.8) is 0 Å². The van der Waals surface area contributed by atoms with Crippen molar-refractivity contribution in [1.29, 1.82) is 0 Å². The highest BCUT2D eigenvalue weighted by atomic mass is 35.5. The minimum absolute atomic E-state index is 0.112. The molecule has 5 nitrogen and oxygen atoms in total. The first-order valence-corrected chi connectivity index (χ1v) is 6.71. The van der Waals surface area contributed by atoms with Crippen molar-refractivity contribution in [2.75, 3.05) is 20.3 Å². The fourth-order valence-corrected chi connectivity index (χ4v) is 2.63. The Morgan fingerprint density at radius 3 is 2.75 bits per heavy atom. The molecule has 0 bridgehead atoms. The number of halogens is 1. The van der Waals surface area contributed by atoms with E-state index in [1.165, 1.54) is 7.11 Å². The van der Waals surface area contributed by atoms with E-state index in [1.54, 1.807) is 12.1 Å². The summed E-state index contributed by atoms with van der Waals surface area (Å²) in [5, 5.41) is 0.348. The Labute approximate surface area is 120 Å². The molecule has 0 amide bonds. The van der Waals surface area contributed by atoms with Gasteiger partial charge in [0.15, 0.2) is 17.3 Å². The van der Waals surface area contributed by atoms with Crippen LogP contribution in [0.3, 0.4) is 0 Å². The maximum absolute atomic E-state index is 12.3. The molecule has 0 radical (unpaired) electrons. The molecule has 20 heavy (non-hydrogen) atoms. The van der Waals surface area contributed by atoms with Crippen LogP contribution >= 0.6 is 11.6 Å². The lowest BCUT2D eigenvalue weighted by Gasteiger charge is -2.20. The molecule has 0 N–H and O–H groups in total. The van der Waals surface area contributed by atoms with E-state index in [1.807, 2.05) is 0 Å². The van der Waals surface area contributed by atoms with Crippen LogP contribution in [0.2, 0.25) is 5.02 Å². The average molecular weight is 297 g/mol. The zero-order valence-corrected chi connectivity index (χ0v) is 11.6. The van der Waals surface area contributed by atoms with Crippen LogP contribution in [-0.2, 0) is 9.53 Å². The third-order valence-corrected chi connectivity index (χ3v) is 3.79.